The molecule has 0 aliphatic carbocycles. The van der Waals surface area contributed by atoms with Crippen molar-refractivity contribution in [1.29, 1.82) is 0 Å². The number of hydrogen-bond donors (Lipinski definition) is 1. The van der Waals surface area contributed by atoms with Crippen LogP contribution in [0.2, 0.25) is 0 Å². The summed E-state index contributed by atoms with van der Waals surface area (Å²) in [6, 6.07) is 23.0. The first kappa shape index (κ1) is 21.8. The number of carbonyl (C=O) groups is 1. The molecule has 4 rings (SSSR count). The van der Waals surface area contributed by atoms with E-state index in [9.17, 15) is 9.59 Å². The quantitative estimate of drug-likeness (QED) is 0.328. The maximum atomic E-state index is 13.2. The van der Waals surface area contributed by atoms with Gasteiger partial charge in [-0.05, 0) is 49.6 Å². The molecule has 162 valence electrons. The first-order valence-corrected chi connectivity index (χ1v) is 11.5. The van der Waals surface area contributed by atoms with Crippen LogP contribution < -0.4 is 10.9 Å². The van der Waals surface area contributed by atoms with Gasteiger partial charge in [-0.15, -0.1) is 0 Å². The molecule has 4 aromatic rings. The lowest BCUT2D eigenvalue weighted by molar-refractivity contribution is -0.119. The zero-order chi connectivity index (χ0) is 22.3. The maximum Gasteiger partial charge on any atom is 0.268 e. The summed E-state index contributed by atoms with van der Waals surface area (Å²) < 4.78 is 1.54. The molecular weight excluding hydrogens is 420 g/mol. The molecule has 0 aliphatic rings. The van der Waals surface area contributed by atoms with Gasteiger partial charge >= 0.3 is 0 Å². The number of thioether (sulfide) groups is 1. The summed E-state index contributed by atoms with van der Waals surface area (Å²) in [7, 11) is 0. The van der Waals surface area contributed by atoms with Gasteiger partial charge in [0.1, 0.15) is 0 Å². The van der Waals surface area contributed by atoms with Crippen molar-refractivity contribution in [3.05, 3.63) is 94.9 Å². The smallest absolute Gasteiger partial charge is 0.268 e. The minimum Gasteiger partial charge on any atom is -0.353 e. The summed E-state index contributed by atoms with van der Waals surface area (Å²) in [4.78, 5) is 34.5. The molecule has 1 amide bonds. The molecule has 2 aromatic carbocycles. The lowest BCUT2D eigenvalue weighted by atomic mass is 10.1. The van der Waals surface area contributed by atoms with Crippen LogP contribution in [-0.2, 0) is 11.2 Å². The van der Waals surface area contributed by atoms with Crippen LogP contribution in [0.25, 0.3) is 16.7 Å². The molecule has 0 aliphatic heterocycles. The Kier molecular flexibility index (Phi) is 6.97. The molecule has 7 heteroatoms. The van der Waals surface area contributed by atoms with Gasteiger partial charge in [-0.25, -0.2) is 9.97 Å². The van der Waals surface area contributed by atoms with Gasteiger partial charge in [0.05, 0.1) is 16.8 Å². The molecule has 0 saturated heterocycles. The highest BCUT2D eigenvalue weighted by molar-refractivity contribution is 7.99. The SMILES string of the molecule is C[C@H](CCc1ccccc1)NC(=O)CSc1nc2ncccc2c(=O)n1-c1ccccc1. The van der Waals surface area contributed by atoms with E-state index >= 15 is 0 Å². The second-order valence-corrected chi connectivity index (χ2v) is 8.47. The molecule has 0 radical (unpaired) electrons. The number of amides is 1. The first-order chi connectivity index (χ1) is 15.6. The summed E-state index contributed by atoms with van der Waals surface area (Å²) in [5, 5.41) is 3.93. The van der Waals surface area contributed by atoms with E-state index in [2.05, 4.69) is 27.4 Å². The molecule has 6 nitrogen and oxygen atoms in total. The highest BCUT2D eigenvalue weighted by Crippen LogP contribution is 2.20. The summed E-state index contributed by atoms with van der Waals surface area (Å²) in [5.74, 6) is 0.0679. The number of para-hydroxylation sites is 1. The second-order valence-electron chi connectivity index (χ2n) is 7.53. The Hall–Kier alpha value is -3.45. The van der Waals surface area contributed by atoms with E-state index in [-0.39, 0.29) is 23.3 Å². The number of aromatic nitrogens is 3. The van der Waals surface area contributed by atoms with E-state index in [1.165, 1.54) is 17.3 Å². The van der Waals surface area contributed by atoms with E-state index < -0.39 is 0 Å². The Bertz CT molecular complexity index is 1260. The Labute approximate surface area is 190 Å². The Morgan fingerprint density at radius 2 is 1.75 bits per heavy atom. The lowest BCUT2D eigenvalue weighted by Gasteiger charge is -2.15. The predicted molar refractivity (Wildman–Crippen MR) is 128 cm³/mol. The lowest BCUT2D eigenvalue weighted by Crippen LogP contribution is -2.34. The van der Waals surface area contributed by atoms with Crippen LogP contribution in [0.4, 0.5) is 0 Å². The molecule has 1 atom stereocenters. The van der Waals surface area contributed by atoms with Crippen molar-refractivity contribution in [2.24, 2.45) is 0 Å². The highest BCUT2D eigenvalue weighted by atomic mass is 32.2. The van der Waals surface area contributed by atoms with Crippen LogP contribution in [0.5, 0.6) is 0 Å². The second kappa shape index (κ2) is 10.2. The monoisotopic (exact) mass is 444 g/mol. The molecule has 0 spiro atoms. The van der Waals surface area contributed by atoms with E-state index in [4.69, 9.17) is 0 Å². The number of pyridine rings is 1. The van der Waals surface area contributed by atoms with Gasteiger partial charge in [-0.1, -0.05) is 60.3 Å². The zero-order valence-corrected chi connectivity index (χ0v) is 18.6. The van der Waals surface area contributed by atoms with Crippen molar-refractivity contribution in [2.45, 2.75) is 31.0 Å². The van der Waals surface area contributed by atoms with Crippen molar-refractivity contribution >= 4 is 28.7 Å². The molecule has 2 heterocycles. The van der Waals surface area contributed by atoms with E-state index in [1.807, 2.05) is 55.5 Å². The maximum absolute atomic E-state index is 13.2. The van der Waals surface area contributed by atoms with Crippen molar-refractivity contribution < 1.29 is 4.79 Å². The standard InChI is InChI=1S/C25H24N4O2S/c1-18(14-15-19-9-4-2-5-10-19)27-22(30)17-32-25-28-23-21(13-8-16-26-23)24(31)29(25)20-11-6-3-7-12-20/h2-13,16,18H,14-15,17H2,1H3,(H,27,30)/t18-/m1/s1. The average Bonchev–Trinajstić information content (AvgIpc) is 2.83. The largest absolute Gasteiger partial charge is 0.353 e. The van der Waals surface area contributed by atoms with Gasteiger partial charge in [0.15, 0.2) is 10.8 Å². The number of rotatable bonds is 8. The fourth-order valence-electron chi connectivity index (χ4n) is 3.45. The van der Waals surface area contributed by atoms with Crippen molar-refractivity contribution in [2.75, 3.05) is 5.75 Å². The van der Waals surface area contributed by atoms with Gasteiger partial charge < -0.3 is 5.32 Å². The zero-order valence-electron chi connectivity index (χ0n) is 17.8. The molecule has 0 fully saturated rings. The molecule has 2 aromatic heterocycles. The van der Waals surface area contributed by atoms with Crippen LogP contribution >= 0.6 is 11.8 Å². The average molecular weight is 445 g/mol. The fourth-order valence-corrected chi connectivity index (χ4v) is 4.26. The van der Waals surface area contributed by atoms with Gasteiger partial charge in [0.25, 0.3) is 5.56 Å². The topological polar surface area (TPSA) is 76.9 Å². The van der Waals surface area contributed by atoms with Crippen LogP contribution in [0.3, 0.4) is 0 Å². The van der Waals surface area contributed by atoms with Gasteiger partial charge in [-0.3, -0.25) is 14.2 Å². The number of nitrogens with one attached hydrogen (secondary N) is 1. The Balaban J connectivity index is 1.47. The molecule has 1 N–H and O–H groups in total. The van der Waals surface area contributed by atoms with Crippen molar-refractivity contribution in [3.8, 4) is 5.69 Å². The number of hydrogen-bond acceptors (Lipinski definition) is 5. The minimum absolute atomic E-state index is 0.0471. The van der Waals surface area contributed by atoms with E-state index in [1.54, 1.807) is 22.9 Å². The number of fused-ring (bicyclic) bond motifs is 1. The van der Waals surface area contributed by atoms with Crippen LogP contribution in [-0.4, -0.2) is 32.2 Å². The normalized spacial score (nSPS) is 11.9. The third kappa shape index (κ3) is 5.23. The molecule has 0 saturated carbocycles. The van der Waals surface area contributed by atoms with Crippen molar-refractivity contribution in [3.63, 3.8) is 0 Å². The summed E-state index contributed by atoms with van der Waals surface area (Å²) in [5.41, 5.74) is 2.13. The van der Waals surface area contributed by atoms with E-state index in [0.717, 1.165) is 12.8 Å². The Morgan fingerprint density at radius 3 is 2.50 bits per heavy atom. The number of nitrogens with zero attached hydrogens (tertiary/aromatic N) is 3. The number of benzene rings is 2. The van der Waals surface area contributed by atoms with E-state index in [0.29, 0.717) is 21.9 Å². The third-order valence-corrected chi connectivity index (χ3v) is 6.01. The third-order valence-electron chi connectivity index (χ3n) is 5.08. The summed E-state index contributed by atoms with van der Waals surface area (Å²) in [6.45, 7) is 2.00. The van der Waals surface area contributed by atoms with Crippen LogP contribution in [0.15, 0.2) is 88.9 Å². The van der Waals surface area contributed by atoms with Gasteiger partial charge in [0.2, 0.25) is 5.91 Å². The van der Waals surface area contributed by atoms with Crippen LogP contribution in [0, 0.1) is 0 Å². The Morgan fingerprint density at radius 1 is 1.03 bits per heavy atom. The summed E-state index contributed by atoms with van der Waals surface area (Å²) in [6.07, 6.45) is 3.37. The first-order valence-electron chi connectivity index (χ1n) is 10.5. The number of carbonyl (C=O) groups excluding carboxylic acids is 1. The molecule has 0 unspecified atom stereocenters. The highest BCUT2D eigenvalue weighted by Gasteiger charge is 2.16. The predicted octanol–water partition coefficient (Wildman–Crippen LogP) is 4.01. The van der Waals surface area contributed by atoms with Crippen molar-refractivity contribution in [1.82, 2.24) is 19.9 Å². The fraction of sp³-hybridized carbons (Fsp3) is 0.200. The summed E-state index contributed by atoms with van der Waals surface area (Å²) >= 11 is 1.24. The number of aryl methyl sites for hydroxylation is 1. The molecular formula is C25H24N4O2S. The minimum atomic E-state index is -0.201. The van der Waals surface area contributed by atoms with Crippen LogP contribution in [0.1, 0.15) is 18.9 Å². The molecule has 0 bridgehead atoms. The van der Waals surface area contributed by atoms with Gasteiger partial charge in [0, 0.05) is 12.2 Å². The van der Waals surface area contributed by atoms with Gasteiger partial charge in [-0.2, -0.15) is 0 Å². The molecule has 32 heavy (non-hydrogen) atoms.